The fourth-order valence-corrected chi connectivity index (χ4v) is 10.1. The van der Waals surface area contributed by atoms with Gasteiger partial charge in [0.15, 0.2) is 0 Å². The molecule has 0 aliphatic heterocycles. The molecule has 0 saturated carbocycles. The van der Waals surface area contributed by atoms with E-state index in [1.807, 2.05) is 27.2 Å². The van der Waals surface area contributed by atoms with E-state index in [-0.39, 0.29) is 19.1 Å². The van der Waals surface area contributed by atoms with Crippen LogP contribution in [0.1, 0.15) is 309 Å². The number of phosphoric ester groups is 1. The molecule has 1 amide bonds. The number of likely N-dealkylation sites (N-methyl/N-ethyl adjacent to an activating group) is 1. The van der Waals surface area contributed by atoms with Gasteiger partial charge < -0.3 is 28.8 Å². The second-order valence-electron chi connectivity index (χ2n) is 22.4. The molecule has 70 heavy (non-hydrogen) atoms. The molecule has 8 nitrogen and oxygen atoms in total. The number of unbranched alkanes of at least 4 members (excludes halogenated alkanes) is 42. The molecule has 0 bridgehead atoms. The van der Waals surface area contributed by atoms with Crippen LogP contribution in [0.4, 0.5) is 0 Å². The van der Waals surface area contributed by atoms with E-state index < -0.39 is 20.0 Å². The molecule has 9 heteroatoms. The fraction of sp³-hybridized carbons (Fsp3) is 0.918. The Morgan fingerprint density at radius 2 is 0.786 bits per heavy atom. The van der Waals surface area contributed by atoms with E-state index in [1.54, 1.807) is 6.08 Å². The Balaban J connectivity index is 4.06. The van der Waals surface area contributed by atoms with E-state index in [4.69, 9.17) is 9.05 Å². The van der Waals surface area contributed by atoms with Gasteiger partial charge in [0.25, 0.3) is 7.82 Å². The third-order valence-corrected chi connectivity index (χ3v) is 15.1. The molecular formula is C61H121N2O6P. The van der Waals surface area contributed by atoms with Gasteiger partial charge in [-0.3, -0.25) is 9.36 Å². The van der Waals surface area contributed by atoms with Crippen LogP contribution < -0.4 is 10.2 Å². The lowest BCUT2D eigenvalue weighted by Gasteiger charge is -2.29. The van der Waals surface area contributed by atoms with Gasteiger partial charge in [0.05, 0.1) is 39.9 Å². The SMILES string of the molecule is CCCCCCCCC/C=C\CCCCCCCC(=O)NC(COP(=O)([O-])OCC[N+](C)(C)C)C(O)/C=C/CCCCCCCCCCCCCCCCCCCCCCCCCCCCCCCC. The Bertz CT molecular complexity index is 1190. The van der Waals surface area contributed by atoms with E-state index >= 15 is 0 Å². The van der Waals surface area contributed by atoms with Crippen LogP contribution in [0.15, 0.2) is 24.3 Å². The normalized spacial score (nSPS) is 14.0. The Hall–Kier alpha value is -1.02. The van der Waals surface area contributed by atoms with Crippen molar-refractivity contribution in [2.24, 2.45) is 0 Å². The topological polar surface area (TPSA) is 108 Å². The summed E-state index contributed by atoms with van der Waals surface area (Å²) in [7, 11) is 1.27. The lowest BCUT2D eigenvalue weighted by Crippen LogP contribution is -2.45. The lowest BCUT2D eigenvalue weighted by molar-refractivity contribution is -0.870. The van der Waals surface area contributed by atoms with Crippen molar-refractivity contribution in [2.45, 2.75) is 321 Å². The summed E-state index contributed by atoms with van der Waals surface area (Å²) in [6.45, 7) is 4.68. The highest BCUT2D eigenvalue weighted by Gasteiger charge is 2.23. The van der Waals surface area contributed by atoms with E-state index in [1.165, 1.54) is 238 Å². The van der Waals surface area contributed by atoms with Crippen molar-refractivity contribution in [3.63, 3.8) is 0 Å². The molecule has 0 spiro atoms. The van der Waals surface area contributed by atoms with Crippen LogP contribution in [0, 0.1) is 0 Å². The Kier molecular flexibility index (Phi) is 52.1. The average molecular weight is 1010 g/mol. The Morgan fingerprint density at radius 1 is 0.486 bits per heavy atom. The maximum Gasteiger partial charge on any atom is 0.268 e. The van der Waals surface area contributed by atoms with Gasteiger partial charge in [-0.05, 0) is 44.9 Å². The largest absolute Gasteiger partial charge is 0.756 e. The first-order chi connectivity index (χ1) is 34.0. The summed E-state index contributed by atoms with van der Waals surface area (Å²) < 4.78 is 23.4. The minimum atomic E-state index is -4.60. The second kappa shape index (κ2) is 52.8. The number of hydrogen-bond donors (Lipinski definition) is 2. The quantitative estimate of drug-likeness (QED) is 0.0272. The summed E-state index contributed by atoms with van der Waals surface area (Å²) in [6.07, 6.45) is 67.1. The van der Waals surface area contributed by atoms with Crippen LogP contribution in [-0.4, -0.2) is 68.5 Å². The van der Waals surface area contributed by atoms with Crippen LogP contribution in [0.3, 0.4) is 0 Å². The third-order valence-electron chi connectivity index (χ3n) is 14.2. The number of hydrogen-bond acceptors (Lipinski definition) is 6. The second-order valence-corrected chi connectivity index (χ2v) is 23.8. The summed E-state index contributed by atoms with van der Waals surface area (Å²) in [5.41, 5.74) is 0. The molecule has 3 atom stereocenters. The number of nitrogens with one attached hydrogen (secondary N) is 1. The zero-order valence-corrected chi connectivity index (χ0v) is 48.4. The maximum absolute atomic E-state index is 12.9. The molecule has 2 N–H and O–H groups in total. The highest BCUT2D eigenvalue weighted by Crippen LogP contribution is 2.38. The minimum absolute atomic E-state index is 0.000990. The smallest absolute Gasteiger partial charge is 0.268 e. The van der Waals surface area contributed by atoms with Crippen molar-refractivity contribution in [1.82, 2.24) is 5.32 Å². The highest BCUT2D eigenvalue weighted by atomic mass is 31.2. The number of carbonyl (C=O) groups excluding carboxylic acids is 1. The van der Waals surface area contributed by atoms with Gasteiger partial charge in [0.2, 0.25) is 5.91 Å². The monoisotopic (exact) mass is 1010 g/mol. The highest BCUT2D eigenvalue weighted by molar-refractivity contribution is 7.45. The van der Waals surface area contributed by atoms with E-state index in [0.717, 1.165) is 51.4 Å². The van der Waals surface area contributed by atoms with Gasteiger partial charge in [-0.1, -0.05) is 282 Å². The zero-order chi connectivity index (χ0) is 51.3. The standard InChI is InChI=1S/C61H121N2O6P/c1-6-8-10-12-14-16-18-20-22-24-25-26-27-28-29-30-31-32-33-34-35-36-37-38-39-40-42-44-46-48-50-52-54-60(64)59(58-69-70(66,67)68-57-56-63(3,4)5)62-61(65)55-53-51-49-47-45-43-41-23-21-19-17-15-13-11-9-7-2/h23,41,52,54,59-60,64H,6-22,24-40,42-51,53,55-58H2,1-5H3,(H-,62,65,66,67)/b41-23-,54-52+. The predicted octanol–water partition coefficient (Wildman–Crippen LogP) is 18.1. The van der Waals surface area contributed by atoms with Gasteiger partial charge in [0, 0.05) is 6.42 Å². The zero-order valence-electron chi connectivity index (χ0n) is 47.5. The number of quaternary nitrogens is 1. The molecule has 0 aromatic carbocycles. The Labute approximate surface area is 436 Å². The van der Waals surface area contributed by atoms with Crippen molar-refractivity contribution < 1.29 is 32.9 Å². The average Bonchev–Trinajstić information content (AvgIpc) is 3.32. The van der Waals surface area contributed by atoms with Crippen LogP contribution >= 0.6 is 7.82 Å². The molecule has 0 aliphatic rings. The Morgan fingerprint density at radius 3 is 1.11 bits per heavy atom. The first-order valence-corrected chi connectivity index (χ1v) is 32.2. The van der Waals surface area contributed by atoms with Crippen molar-refractivity contribution in [3.05, 3.63) is 24.3 Å². The number of nitrogens with zero attached hydrogens (tertiary/aromatic N) is 1. The van der Waals surface area contributed by atoms with Crippen molar-refractivity contribution >= 4 is 13.7 Å². The number of allylic oxidation sites excluding steroid dienone is 3. The van der Waals surface area contributed by atoms with E-state index in [9.17, 15) is 19.4 Å². The summed E-state index contributed by atoms with van der Waals surface area (Å²) in [4.78, 5) is 25.5. The maximum atomic E-state index is 12.9. The predicted molar refractivity (Wildman–Crippen MR) is 302 cm³/mol. The number of aliphatic hydroxyl groups excluding tert-OH is 1. The van der Waals surface area contributed by atoms with E-state index in [0.29, 0.717) is 17.4 Å². The van der Waals surface area contributed by atoms with Gasteiger partial charge in [0.1, 0.15) is 13.2 Å². The number of rotatable bonds is 57. The molecule has 416 valence electrons. The first kappa shape index (κ1) is 69.0. The summed E-state index contributed by atoms with van der Waals surface area (Å²) in [6, 6.07) is -0.890. The van der Waals surface area contributed by atoms with Gasteiger partial charge in [-0.25, -0.2) is 0 Å². The molecule has 0 fully saturated rings. The molecule has 0 aromatic heterocycles. The van der Waals surface area contributed by atoms with Gasteiger partial charge in [-0.2, -0.15) is 0 Å². The lowest BCUT2D eigenvalue weighted by atomic mass is 10.0. The number of carbonyl (C=O) groups is 1. The number of phosphoric acid groups is 1. The van der Waals surface area contributed by atoms with Crippen molar-refractivity contribution in [1.29, 1.82) is 0 Å². The van der Waals surface area contributed by atoms with Crippen LogP contribution in [-0.2, 0) is 18.4 Å². The molecular weight excluding hydrogens is 888 g/mol. The molecule has 0 rings (SSSR count). The van der Waals surface area contributed by atoms with E-state index in [2.05, 4.69) is 31.3 Å². The molecule has 0 heterocycles. The molecule has 3 unspecified atom stereocenters. The fourth-order valence-electron chi connectivity index (χ4n) is 9.33. The summed E-state index contributed by atoms with van der Waals surface area (Å²) in [5, 5.41) is 13.9. The molecule has 0 aliphatic carbocycles. The minimum Gasteiger partial charge on any atom is -0.756 e. The van der Waals surface area contributed by atoms with Gasteiger partial charge >= 0.3 is 0 Å². The molecule has 0 aromatic rings. The van der Waals surface area contributed by atoms with Crippen molar-refractivity contribution in [2.75, 3.05) is 40.9 Å². The van der Waals surface area contributed by atoms with Crippen molar-refractivity contribution in [3.8, 4) is 0 Å². The van der Waals surface area contributed by atoms with Gasteiger partial charge in [-0.15, -0.1) is 0 Å². The van der Waals surface area contributed by atoms with Crippen LogP contribution in [0.2, 0.25) is 0 Å². The molecule has 0 saturated heterocycles. The van der Waals surface area contributed by atoms with Crippen LogP contribution in [0.5, 0.6) is 0 Å². The summed E-state index contributed by atoms with van der Waals surface area (Å²) >= 11 is 0. The molecule has 0 radical (unpaired) electrons. The van der Waals surface area contributed by atoms with Crippen LogP contribution in [0.25, 0.3) is 0 Å². The summed E-state index contributed by atoms with van der Waals surface area (Å²) in [5.74, 6) is -0.202. The number of amides is 1. The third kappa shape index (κ3) is 54.7. The first-order valence-electron chi connectivity index (χ1n) is 30.7. The number of aliphatic hydroxyl groups is 1.